The van der Waals surface area contributed by atoms with E-state index in [2.05, 4.69) is 20.4 Å². The van der Waals surface area contributed by atoms with Crippen molar-refractivity contribution in [3.63, 3.8) is 0 Å². The topological polar surface area (TPSA) is 89.6 Å². The van der Waals surface area contributed by atoms with Crippen molar-refractivity contribution in [1.82, 2.24) is 15.6 Å². The normalized spacial score (nSPS) is 17.1. The maximum Gasteiger partial charge on any atom is 0.293 e. The van der Waals surface area contributed by atoms with E-state index >= 15 is 0 Å². The third-order valence-corrected chi connectivity index (χ3v) is 6.03. The Hall–Kier alpha value is -3.62. The first-order valence-corrected chi connectivity index (χ1v) is 12.7. The number of nitrogens with one attached hydrogen (secondary N) is 2. The largest absolute Gasteiger partial charge is 0.462 e. The smallest absolute Gasteiger partial charge is 0.293 e. The predicted octanol–water partition coefficient (Wildman–Crippen LogP) is 4.77. The van der Waals surface area contributed by atoms with Crippen LogP contribution in [-0.2, 0) is 27.4 Å². The molecule has 2 heterocycles. The third-order valence-electron chi connectivity index (χ3n) is 6.03. The van der Waals surface area contributed by atoms with E-state index in [1.807, 2.05) is 57.2 Å². The molecule has 0 bridgehead atoms. The van der Waals surface area contributed by atoms with Gasteiger partial charge in [0.15, 0.2) is 0 Å². The summed E-state index contributed by atoms with van der Waals surface area (Å²) in [5.41, 5.74) is 3.22. The van der Waals surface area contributed by atoms with E-state index in [4.69, 9.17) is 4.74 Å². The molecule has 1 aliphatic heterocycles. The summed E-state index contributed by atoms with van der Waals surface area (Å²) in [6, 6.07) is 19.9. The van der Waals surface area contributed by atoms with E-state index in [0.29, 0.717) is 25.3 Å². The van der Waals surface area contributed by atoms with Gasteiger partial charge in [-0.05, 0) is 74.7 Å². The van der Waals surface area contributed by atoms with Crippen LogP contribution in [0.4, 0.5) is 4.39 Å². The van der Waals surface area contributed by atoms with Crippen LogP contribution in [-0.4, -0.2) is 42.2 Å². The average molecular weight is 522 g/mol. The van der Waals surface area contributed by atoms with Crippen molar-refractivity contribution in [3.8, 4) is 0 Å². The summed E-state index contributed by atoms with van der Waals surface area (Å²) in [5.74, 6) is -0.209. The Morgan fingerprint density at radius 1 is 1.08 bits per heavy atom. The monoisotopic (exact) mass is 521 g/mol. The summed E-state index contributed by atoms with van der Waals surface area (Å²) in [6.45, 7) is 8.43. The summed E-state index contributed by atoms with van der Waals surface area (Å²) in [5, 5.41) is 6.32. The van der Waals surface area contributed by atoms with Gasteiger partial charge in [0.05, 0.1) is 12.7 Å². The van der Waals surface area contributed by atoms with Crippen LogP contribution < -0.4 is 10.6 Å². The van der Waals surface area contributed by atoms with Gasteiger partial charge in [0.25, 0.3) is 12.4 Å². The molecule has 1 fully saturated rings. The van der Waals surface area contributed by atoms with Crippen molar-refractivity contribution in [3.05, 3.63) is 101 Å². The van der Waals surface area contributed by atoms with Crippen LogP contribution in [0.5, 0.6) is 0 Å². The molecule has 1 aliphatic rings. The highest BCUT2D eigenvalue weighted by Crippen LogP contribution is 2.29. The number of piperidine rings is 1. The van der Waals surface area contributed by atoms with E-state index in [9.17, 15) is 14.0 Å². The fraction of sp³-hybridized carbons (Fsp3) is 0.367. The van der Waals surface area contributed by atoms with Crippen LogP contribution in [0.25, 0.3) is 0 Å². The number of benzene rings is 2. The second-order valence-corrected chi connectivity index (χ2v) is 9.99. The minimum Gasteiger partial charge on any atom is -0.462 e. The Balaban J connectivity index is 0.000000505. The first-order valence-electron chi connectivity index (χ1n) is 12.7. The van der Waals surface area contributed by atoms with Gasteiger partial charge in [-0.1, -0.05) is 42.5 Å². The van der Waals surface area contributed by atoms with E-state index in [0.717, 1.165) is 36.2 Å². The third kappa shape index (κ3) is 9.36. The second-order valence-electron chi connectivity index (χ2n) is 9.99. The van der Waals surface area contributed by atoms with Crippen LogP contribution in [0.2, 0.25) is 0 Å². The number of aromatic nitrogens is 1. The van der Waals surface area contributed by atoms with Gasteiger partial charge < -0.3 is 20.1 Å². The highest BCUT2D eigenvalue weighted by Gasteiger charge is 2.27. The SMILES string of the molecule is CC(C)(C)OC=O.O=C(NCc1ccccc1COC1CNCCC1c1ccc(F)cc1)c1ccccn1. The summed E-state index contributed by atoms with van der Waals surface area (Å²) >= 11 is 0. The van der Waals surface area contributed by atoms with E-state index in [-0.39, 0.29) is 29.3 Å². The number of carbonyl (C=O) groups is 2. The Morgan fingerprint density at radius 2 is 1.79 bits per heavy atom. The number of hydrogen-bond donors (Lipinski definition) is 2. The molecule has 8 heteroatoms. The van der Waals surface area contributed by atoms with Crippen molar-refractivity contribution < 1.29 is 23.5 Å². The molecule has 202 valence electrons. The van der Waals surface area contributed by atoms with Crippen molar-refractivity contribution in [2.45, 2.75) is 58.0 Å². The van der Waals surface area contributed by atoms with Crippen molar-refractivity contribution in [2.75, 3.05) is 13.1 Å². The van der Waals surface area contributed by atoms with E-state index in [1.54, 1.807) is 24.4 Å². The number of amides is 1. The number of nitrogens with zero attached hydrogens (tertiary/aromatic N) is 1. The lowest BCUT2D eigenvalue weighted by molar-refractivity contribution is -0.138. The fourth-order valence-electron chi connectivity index (χ4n) is 4.07. The predicted molar refractivity (Wildman–Crippen MR) is 144 cm³/mol. The van der Waals surface area contributed by atoms with Crippen LogP contribution in [0.1, 0.15) is 60.3 Å². The van der Waals surface area contributed by atoms with Crippen LogP contribution >= 0.6 is 0 Å². The summed E-state index contributed by atoms with van der Waals surface area (Å²) in [4.78, 5) is 26.0. The van der Waals surface area contributed by atoms with Gasteiger partial charge in [0, 0.05) is 25.2 Å². The summed E-state index contributed by atoms with van der Waals surface area (Å²) in [6.07, 6.45) is 2.54. The number of carbonyl (C=O) groups excluding carboxylic acids is 2. The summed E-state index contributed by atoms with van der Waals surface area (Å²) in [7, 11) is 0. The fourth-order valence-corrected chi connectivity index (χ4v) is 4.07. The van der Waals surface area contributed by atoms with Gasteiger partial charge in [-0.15, -0.1) is 0 Å². The Morgan fingerprint density at radius 3 is 2.42 bits per heavy atom. The Bertz CT molecular complexity index is 1150. The van der Waals surface area contributed by atoms with Gasteiger partial charge in [-0.25, -0.2) is 4.39 Å². The number of pyridine rings is 1. The van der Waals surface area contributed by atoms with Crippen LogP contribution in [0.3, 0.4) is 0 Å². The Labute approximate surface area is 223 Å². The zero-order chi connectivity index (χ0) is 27.4. The van der Waals surface area contributed by atoms with Crippen molar-refractivity contribution >= 4 is 12.4 Å². The molecule has 3 aromatic rings. The van der Waals surface area contributed by atoms with E-state index < -0.39 is 0 Å². The lowest BCUT2D eigenvalue weighted by Crippen LogP contribution is -2.41. The van der Waals surface area contributed by atoms with E-state index in [1.165, 1.54) is 12.1 Å². The molecule has 0 spiro atoms. The minimum absolute atomic E-state index is 0.00428. The zero-order valence-electron chi connectivity index (χ0n) is 22.2. The second kappa shape index (κ2) is 14.4. The number of hydrogen-bond acceptors (Lipinski definition) is 6. The van der Waals surface area contributed by atoms with Gasteiger partial charge in [-0.3, -0.25) is 14.6 Å². The zero-order valence-corrected chi connectivity index (χ0v) is 22.2. The standard InChI is InChI=1S/C25H26FN3O2.C5H10O2/c26-21-10-8-18(9-11-21)22-12-14-27-16-24(22)31-17-20-6-2-1-5-19(20)15-29-25(30)23-7-3-4-13-28-23;1-5(2,3)7-4-6/h1-11,13,22,24,27H,12,14-17H2,(H,29,30);4H,1-3H3. The van der Waals surface area contributed by atoms with Gasteiger partial charge >= 0.3 is 0 Å². The molecular weight excluding hydrogens is 485 g/mol. The molecule has 4 rings (SSSR count). The molecule has 1 aromatic heterocycles. The van der Waals surface area contributed by atoms with Gasteiger partial charge in [-0.2, -0.15) is 0 Å². The lowest BCUT2D eigenvalue weighted by Gasteiger charge is -2.32. The molecule has 38 heavy (non-hydrogen) atoms. The molecule has 2 unspecified atom stereocenters. The van der Waals surface area contributed by atoms with Crippen molar-refractivity contribution in [1.29, 1.82) is 0 Å². The maximum absolute atomic E-state index is 13.3. The highest BCUT2D eigenvalue weighted by molar-refractivity contribution is 5.92. The minimum atomic E-state index is -0.318. The molecule has 0 radical (unpaired) electrons. The maximum atomic E-state index is 13.3. The number of rotatable bonds is 8. The first-order chi connectivity index (χ1) is 18.3. The molecule has 0 saturated carbocycles. The molecule has 0 aliphatic carbocycles. The molecule has 2 N–H and O–H groups in total. The van der Waals surface area contributed by atoms with Crippen LogP contribution in [0.15, 0.2) is 72.9 Å². The molecule has 1 saturated heterocycles. The average Bonchev–Trinajstić information content (AvgIpc) is 2.92. The first kappa shape index (κ1) is 28.9. The van der Waals surface area contributed by atoms with Crippen LogP contribution in [0, 0.1) is 5.82 Å². The Kier molecular flexibility index (Phi) is 10.9. The quantitative estimate of drug-likeness (QED) is 0.415. The van der Waals surface area contributed by atoms with Crippen molar-refractivity contribution in [2.24, 2.45) is 0 Å². The highest BCUT2D eigenvalue weighted by atomic mass is 19.1. The number of ether oxygens (including phenoxy) is 2. The van der Waals surface area contributed by atoms with Gasteiger partial charge in [0.2, 0.25) is 0 Å². The summed E-state index contributed by atoms with van der Waals surface area (Å²) < 4.78 is 24.2. The molecule has 7 nitrogen and oxygen atoms in total. The lowest BCUT2D eigenvalue weighted by atomic mass is 9.87. The molecule has 2 atom stereocenters. The molecule has 2 aromatic carbocycles. The number of halogens is 1. The molecule has 1 amide bonds. The molecular formula is C30H36FN3O4. The van der Waals surface area contributed by atoms with Gasteiger partial charge in [0.1, 0.15) is 17.1 Å².